The third kappa shape index (κ3) is 3.59. The van der Waals surface area contributed by atoms with Crippen LogP contribution in [-0.2, 0) is 9.59 Å². The van der Waals surface area contributed by atoms with Gasteiger partial charge in [0.05, 0.1) is 6.04 Å². The highest BCUT2D eigenvalue weighted by Crippen LogP contribution is 2.16. The average Bonchev–Trinajstić information content (AvgIpc) is 2.35. The number of hydrogen-bond donors (Lipinski definition) is 1. The first-order chi connectivity index (χ1) is 7.69. The quantitative estimate of drug-likeness (QED) is 0.706. The molecule has 4 nitrogen and oxygen atoms in total. The van der Waals surface area contributed by atoms with Crippen molar-refractivity contribution in [2.75, 3.05) is 19.6 Å². The van der Waals surface area contributed by atoms with Crippen LogP contribution in [0.25, 0.3) is 0 Å². The summed E-state index contributed by atoms with van der Waals surface area (Å²) in [7, 11) is 0. The molecule has 92 valence electrons. The van der Waals surface area contributed by atoms with Crippen LogP contribution in [0.15, 0.2) is 0 Å². The van der Waals surface area contributed by atoms with Crippen LogP contribution in [0.4, 0.5) is 0 Å². The van der Waals surface area contributed by atoms with Crippen LogP contribution >= 0.6 is 0 Å². The lowest BCUT2D eigenvalue weighted by Crippen LogP contribution is -2.48. The maximum atomic E-state index is 11.7. The molecular formula is C12H22N2O2. The molecule has 0 bridgehead atoms. The molecule has 1 heterocycles. The van der Waals surface area contributed by atoms with E-state index in [0.29, 0.717) is 0 Å². The first kappa shape index (κ1) is 13.2. The van der Waals surface area contributed by atoms with Crippen LogP contribution in [-0.4, -0.2) is 42.8 Å². The molecule has 1 fully saturated rings. The molecule has 1 aliphatic heterocycles. The molecule has 1 rings (SSSR count). The van der Waals surface area contributed by atoms with Gasteiger partial charge in [0.15, 0.2) is 0 Å². The normalized spacial score (nSPS) is 20.4. The smallest absolute Gasteiger partial charge is 0.237 e. The zero-order valence-electron chi connectivity index (χ0n) is 10.2. The van der Waals surface area contributed by atoms with Gasteiger partial charge in [0.2, 0.25) is 5.91 Å². The minimum absolute atomic E-state index is 0.0702. The largest absolute Gasteiger partial charge is 0.355 e. The Hall–Kier alpha value is -0.900. The Labute approximate surface area is 97.4 Å². The van der Waals surface area contributed by atoms with E-state index in [2.05, 4.69) is 10.2 Å². The van der Waals surface area contributed by atoms with Gasteiger partial charge in [-0.2, -0.15) is 0 Å². The summed E-state index contributed by atoms with van der Waals surface area (Å²) in [5.41, 5.74) is 0. The van der Waals surface area contributed by atoms with Crippen LogP contribution in [0.2, 0.25) is 0 Å². The molecule has 1 saturated heterocycles. The summed E-state index contributed by atoms with van der Waals surface area (Å²) < 4.78 is 0. The second kappa shape index (κ2) is 6.63. The Morgan fingerprint density at radius 2 is 2.12 bits per heavy atom. The Morgan fingerprint density at radius 3 is 2.62 bits per heavy atom. The van der Waals surface area contributed by atoms with E-state index in [0.717, 1.165) is 45.2 Å². The van der Waals surface area contributed by atoms with Crippen LogP contribution in [0.3, 0.4) is 0 Å². The predicted octanol–water partition coefficient (Wildman–Crippen LogP) is 0.812. The van der Waals surface area contributed by atoms with E-state index in [9.17, 15) is 9.59 Å². The monoisotopic (exact) mass is 226 g/mol. The van der Waals surface area contributed by atoms with Gasteiger partial charge in [-0.25, -0.2) is 0 Å². The summed E-state index contributed by atoms with van der Waals surface area (Å²) >= 11 is 0. The van der Waals surface area contributed by atoms with Gasteiger partial charge >= 0.3 is 0 Å². The number of carbonyl (C=O) groups excluding carboxylic acids is 2. The number of likely N-dealkylation sites (tertiary alicyclic amines) is 1. The Kier molecular flexibility index (Phi) is 5.46. The highest BCUT2D eigenvalue weighted by atomic mass is 16.2. The van der Waals surface area contributed by atoms with Crippen molar-refractivity contribution in [3.05, 3.63) is 0 Å². The summed E-state index contributed by atoms with van der Waals surface area (Å²) in [4.78, 5) is 24.5. The minimum Gasteiger partial charge on any atom is -0.355 e. The van der Waals surface area contributed by atoms with Gasteiger partial charge in [0.25, 0.3) is 0 Å². The topological polar surface area (TPSA) is 49.4 Å². The summed E-state index contributed by atoms with van der Waals surface area (Å²) in [6.07, 6.45) is 3.77. The number of hydrogen-bond acceptors (Lipinski definition) is 3. The summed E-state index contributed by atoms with van der Waals surface area (Å²) in [5.74, 6) is 0.300. The van der Waals surface area contributed by atoms with E-state index < -0.39 is 0 Å². The fourth-order valence-electron chi connectivity index (χ4n) is 2.00. The predicted molar refractivity (Wildman–Crippen MR) is 63.1 cm³/mol. The lowest BCUT2D eigenvalue weighted by atomic mass is 9.97. The van der Waals surface area contributed by atoms with Gasteiger partial charge in [0, 0.05) is 12.5 Å². The highest BCUT2D eigenvalue weighted by molar-refractivity contribution is 5.81. The van der Waals surface area contributed by atoms with Crippen molar-refractivity contribution in [3.63, 3.8) is 0 Å². The number of aldehydes is 1. The van der Waals surface area contributed by atoms with E-state index >= 15 is 0 Å². The molecule has 0 aromatic heterocycles. The van der Waals surface area contributed by atoms with E-state index in [-0.39, 0.29) is 17.9 Å². The van der Waals surface area contributed by atoms with Crippen LogP contribution in [0.5, 0.6) is 0 Å². The van der Waals surface area contributed by atoms with Crippen LogP contribution in [0, 0.1) is 5.92 Å². The number of nitrogens with zero attached hydrogens (tertiary/aromatic N) is 1. The van der Waals surface area contributed by atoms with Gasteiger partial charge in [-0.3, -0.25) is 9.69 Å². The molecule has 0 aromatic carbocycles. The van der Waals surface area contributed by atoms with Crippen molar-refractivity contribution in [2.45, 2.75) is 39.2 Å². The maximum Gasteiger partial charge on any atom is 0.237 e. The van der Waals surface area contributed by atoms with Crippen molar-refractivity contribution in [2.24, 2.45) is 5.92 Å². The fraction of sp³-hybridized carbons (Fsp3) is 0.833. The zero-order valence-corrected chi connectivity index (χ0v) is 10.2. The third-order valence-corrected chi connectivity index (χ3v) is 3.24. The zero-order chi connectivity index (χ0) is 12.0. The van der Waals surface area contributed by atoms with E-state index in [1.54, 1.807) is 0 Å². The molecule has 16 heavy (non-hydrogen) atoms. The van der Waals surface area contributed by atoms with Crippen molar-refractivity contribution in [3.8, 4) is 0 Å². The summed E-state index contributed by atoms with van der Waals surface area (Å²) in [6.45, 7) is 6.43. The molecule has 0 spiro atoms. The van der Waals surface area contributed by atoms with E-state index in [1.807, 2.05) is 13.8 Å². The van der Waals surface area contributed by atoms with Gasteiger partial charge in [-0.05, 0) is 39.3 Å². The van der Waals surface area contributed by atoms with Gasteiger partial charge < -0.3 is 10.1 Å². The molecule has 1 aliphatic rings. The van der Waals surface area contributed by atoms with Gasteiger partial charge in [0.1, 0.15) is 6.29 Å². The molecule has 1 N–H and O–H groups in total. The number of piperidine rings is 1. The summed E-state index contributed by atoms with van der Waals surface area (Å²) in [5, 5.41) is 2.90. The summed E-state index contributed by atoms with van der Waals surface area (Å²) in [6, 6.07) is -0.0702. The molecule has 0 radical (unpaired) electrons. The second-order valence-electron chi connectivity index (χ2n) is 4.48. The molecule has 0 aliphatic carbocycles. The Balaban J connectivity index is 2.34. The average molecular weight is 226 g/mol. The minimum atomic E-state index is -0.0702. The van der Waals surface area contributed by atoms with Crippen molar-refractivity contribution >= 4 is 12.2 Å². The molecule has 4 heteroatoms. The van der Waals surface area contributed by atoms with Crippen LogP contribution in [0.1, 0.15) is 33.1 Å². The van der Waals surface area contributed by atoms with E-state index in [1.165, 1.54) is 0 Å². The molecular weight excluding hydrogens is 204 g/mol. The standard InChI is InChI=1S/C12H22N2O2/c1-3-6-13-12(16)10(2)14-7-4-11(9-15)5-8-14/h9-11H,3-8H2,1-2H3,(H,13,16). The first-order valence-corrected chi connectivity index (χ1v) is 6.16. The van der Waals surface area contributed by atoms with Crippen molar-refractivity contribution < 1.29 is 9.59 Å². The fourth-order valence-corrected chi connectivity index (χ4v) is 2.00. The maximum absolute atomic E-state index is 11.7. The highest BCUT2D eigenvalue weighted by Gasteiger charge is 2.25. The third-order valence-electron chi connectivity index (χ3n) is 3.24. The first-order valence-electron chi connectivity index (χ1n) is 6.16. The number of amides is 1. The molecule has 0 aromatic rings. The number of rotatable bonds is 5. The molecule has 1 atom stereocenters. The number of nitrogens with one attached hydrogen (secondary N) is 1. The molecule has 1 unspecified atom stereocenters. The van der Waals surface area contributed by atoms with Gasteiger partial charge in [-0.1, -0.05) is 6.92 Å². The SMILES string of the molecule is CCCNC(=O)C(C)N1CCC(C=O)CC1. The lowest BCUT2D eigenvalue weighted by Gasteiger charge is -2.33. The van der Waals surface area contributed by atoms with E-state index in [4.69, 9.17) is 0 Å². The Morgan fingerprint density at radius 1 is 1.50 bits per heavy atom. The van der Waals surface area contributed by atoms with Crippen molar-refractivity contribution in [1.82, 2.24) is 10.2 Å². The Bertz CT molecular complexity index is 235. The molecule has 0 saturated carbocycles. The second-order valence-corrected chi connectivity index (χ2v) is 4.48. The van der Waals surface area contributed by atoms with Crippen LogP contribution < -0.4 is 5.32 Å². The number of carbonyl (C=O) groups is 2. The lowest BCUT2D eigenvalue weighted by molar-refractivity contribution is -0.126. The molecule has 1 amide bonds. The van der Waals surface area contributed by atoms with Crippen molar-refractivity contribution in [1.29, 1.82) is 0 Å². The van der Waals surface area contributed by atoms with Gasteiger partial charge in [-0.15, -0.1) is 0 Å².